The van der Waals surface area contributed by atoms with E-state index in [1.165, 1.54) is 18.9 Å². The molecular weight excluding hydrogens is 191 g/mol. The van der Waals surface area contributed by atoms with Crippen molar-refractivity contribution in [2.45, 2.75) is 31.3 Å². The van der Waals surface area contributed by atoms with E-state index in [4.69, 9.17) is 5.73 Å². The van der Waals surface area contributed by atoms with Gasteiger partial charge >= 0.3 is 0 Å². The van der Waals surface area contributed by atoms with Crippen molar-refractivity contribution in [2.75, 3.05) is 5.32 Å². The van der Waals surface area contributed by atoms with Gasteiger partial charge in [0.25, 0.3) is 0 Å². The van der Waals surface area contributed by atoms with Crippen LogP contribution in [-0.4, -0.2) is 6.04 Å². The Balaban J connectivity index is 2.04. The lowest BCUT2D eigenvalue weighted by molar-refractivity contribution is 0.400. The first-order valence-electron chi connectivity index (χ1n) is 5.57. The summed E-state index contributed by atoms with van der Waals surface area (Å²) >= 11 is 0. The number of halogens is 1. The van der Waals surface area contributed by atoms with Crippen LogP contribution >= 0.6 is 0 Å². The van der Waals surface area contributed by atoms with Crippen molar-refractivity contribution < 1.29 is 4.39 Å². The van der Waals surface area contributed by atoms with Gasteiger partial charge in [-0.2, -0.15) is 0 Å². The van der Waals surface area contributed by atoms with E-state index < -0.39 is 0 Å². The predicted molar refractivity (Wildman–Crippen MR) is 58.1 cm³/mol. The molecule has 2 nitrogen and oxygen atoms in total. The van der Waals surface area contributed by atoms with E-state index in [1.54, 1.807) is 6.07 Å². The van der Waals surface area contributed by atoms with Crippen molar-refractivity contribution in [1.82, 2.24) is 0 Å². The number of hydrogen-bond acceptors (Lipinski definition) is 2. The van der Waals surface area contributed by atoms with E-state index in [9.17, 15) is 4.39 Å². The summed E-state index contributed by atoms with van der Waals surface area (Å²) in [5.74, 6) is 0.341. The predicted octanol–water partition coefficient (Wildman–Crippen LogP) is 2.42. The lowest BCUT2D eigenvalue weighted by Gasteiger charge is -2.35. The standard InChI is InChI=1S/C12H15FN2/c13-7-4-5-9-11(6-7)15-10-3-1-2-8(10)12(9)14/h4-6,8,10,12,15H,1-3,14H2. The van der Waals surface area contributed by atoms with Gasteiger partial charge in [0, 0.05) is 17.8 Å². The van der Waals surface area contributed by atoms with Crippen LogP contribution in [0.3, 0.4) is 0 Å². The molecule has 1 aliphatic heterocycles. The Kier molecular flexibility index (Phi) is 1.96. The number of benzene rings is 1. The summed E-state index contributed by atoms with van der Waals surface area (Å²) in [4.78, 5) is 0. The Morgan fingerprint density at radius 3 is 3.07 bits per heavy atom. The summed E-state index contributed by atoms with van der Waals surface area (Å²) in [5, 5.41) is 3.41. The molecule has 1 saturated carbocycles. The van der Waals surface area contributed by atoms with Gasteiger partial charge in [0.05, 0.1) is 0 Å². The van der Waals surface area contributed by atoms with Crippen molar-refractivity contribution >= 4 is 5.69 Å². The van der Waals surface area contributed by atoms with Gasteiger partial charge in [-0.05, 0) is 36.5 Å². The largest absolute Gasteiger partial charge is 0.382 e. The van der Waals surface area contributed by atoms with Gasteiger partial charge in [0.1, 0.15) is 5.82 Å². The summed E-state index contributed by atoms with van der Waals surface area (Å²) in [6, 6.07) is 5.40. The summed E-state index contributed by atoms with van der Waals surface area (Å²) in [6.45, 7) is 0. The monoisotopic (exact) mass is 206 g/mol. The van der Waals surface area contributed by atoms with E-state index in [-0.39, 0.29) is 11.9 Å². The second-order valence-electron chi connectivity index (χ2n) is 4.60. The molecule has 1 aromatic rings. The molecule has 0 bridgehead atoms. The van der Waals surface area contributed by atoms with E-state index in [1.807, 2.05) is 6.07 Å². The van der Waals surface area contributed by atoms with Crippen LogP contribution in [0.4, 0.5) is 10.1 Å². The number of rotatable bonds is 0. The highest BCUT2D eigenvalue weighted by molar-refractivity contribution is 5.56. The highest BCUT2D eigenvalue weighted by Gasteiger charge is 2.37. The minimum Gasteiger partial charge on any atom is -0.382 e. The Labute approximate surface area is 88.7 Å². The summed E-state index contributed by atoms with van der Waals surface area (Å²) in [5.41, 5.74) is 8.18. The third-order valence-corrected chi connectivity index (χ3v) is 3.75. The van der Waals surface area contributed by atoms with Crippen LogP contribution in [0.5, 0.6) is 0 Å². The topological polar surface area (TPSA) is 38.0 Å². The quantitative estimate of drug-likeness (QED) is 0.684. The normalized spacial score (nSPS) is 33.1. The van der Waals surface area contributed by atoms with Crippen LogP contribution in [-0.2, 0) is 0 Å². The average Bonchev–Trinajstić information content (AvgIpc) is 2.65. The van der Waals surface area contributed by atoms with Crippen LogP contribution in [0.15, 0.2) is 18.2 Å². The molecule has 3 heteroatoms. The molecule has 1 heterocycles. The summed E-state index contributed by atoms with van der Waals surface area (Å²) in [6.07, 6.45) is 3.58. The van der Waals surface area contributed by atoms with Gasteiger partial charge in [0.15, 0.2) is 0 Å². The van der Waals surface area contributed by atoms with Crippen molar-refractivity contribution in [3.8, 4) is 0 Å². The van der Waals surface area contributed by atoms with Crippen molar-refractivity contribution in [2.24, 2.45) is 11.7 Å². The molecule has 15 heavy (non-hydrogen) atoms. The number of nitrogens with one attached hydrogen (secondary N) is 1. The maximum Gasteiger partial charge on any atom is 0.125 e. The molecule has 1 fully saturated rings. The van der Waals surface area contributed by atoms with Crippen LogP contribution in [0, 0.1) is 11.7 Å². The molecule has 3 atom stereocenters. The Morgan fingerprint density at radius 1 is 1.33 bits per heavy atom. The summed E-state index contributed by atoms with van der Waals surface area (Å²) in [7, 11) is 0. The lowest BCUT2D eigenvalue weighted by atomic mass is 9.85. The zero-order chi connectivity index (χ0) is 10.4. The van der Waals surface area contributed by atoms with Crippen LogP contribution < -0.4 is 11.1 Å². The third kappa shape index (κ3) is 1.34. The molecule has 0 radical (unpaired) electrons. The average molecular weight is 206 g/mol. The van der Waals surface area contributed by atoms with Gasteiger partial charge in [-0.15, -0.1) is 0 Å². The maximum atomic E-state index is 13.1. The SMILES string of the molecule is NC1c2ccc(F)cc2NC2CCCC21. The first-order valence-corrected chi connectivity index (χ1v) is 5.57. The fourth-order valence-electron chi connectivity index (χ4n) is 2.97. The first-order chi connectivity index (χ1) is 7.25. The fourth-order valence-corrected chi connectivity index (χ4v) is 2.97. The van der Waals surface area contributed by atoms with Crippen molar-refractivity contribution in [3.63, 3.8) is 0 Å². The van der Waals surface area contributed by atoms with Gasteiger partial charge in [-0.25, -0.2) is 4.39 Å². The van der Waals surface area contributed by atoms with Crippen LogP contribution in [0.2, 0.25) is 0 Å². The van der Waals surface area contributed by atoms with Gasteiger partial charge in [-0.1, -0.05) is 12.5 Å². The van der Waals surface area contributed by atoms with E-state index >= 15 is 0 Å². The van der Waals surface area contributed by atoms with Gasteiger partial charge in [-0.3, -0.25) is 0 Å². The number of fused-ring (bicyclic) bond motifs is 2. The fraction of sp³-hybridized carbons (Fsp3) is 0.500. The number of hydrogen-bond donors (Lipinski definition) is 2. The molecule has 3 N–H and O–H groups in total. The zero-order valence-electron chi connectivity index (χ0n) is 8.54. The smallest absolute Gasteiger partial charge is 0.125 e. The highest BCUT2D eigenvalue weighted by Crippen LogP contribution is 2.42. The Morgan fingerprint density at radius 2 is 2.20 bits per heavy atom. The highest BCUT2D eigenvalue weighted by atomic mass is 19.1. The molecule has 3 unspecified atom stereocenters. The minimum absolute atomic E-state index is 0.0781. The molecule has 0 saturated heterocycles. The number of anilines is 1. The van der Waals surface area contributed by atoms with Crippen LogP contribution in [0.25, 0.3) is 0 Å². The molecular formula is C12H15FN2. The molecule has 3 rings (SSSR count). The second-order valence-corrected chi connectivity index (χ2v) is 4.60. The molecule has 0 amide bonds. The van der Waals surface area contributed by atoms with Gasteiger partial charge in [0.2, 0.25) is 0 Å². The third-order valence-electron chi connectivity index (χ3n) is 3.75. The Bertz CT molecular complexity index is 391. The summed E-state index contributed by atoms with van der Waals surface area (Å²) < 4.78 is 13.1. The van der Waals surface area contributed by atoms with E-state index in [2.05, 4.69) is 5.32 Å². The maximum absolute atomic E-state index is 13.1. The van der Waals surface area contributed by atoms with E-state index in [0.717, 1.165) is 17.7 Å². The molecule has 0 aromatic heterocycles. The Hall–Kier alpha value is -1.09. The minimum atomic E-state index is -0.190. The molecule has 80 valence electrons. The molecule has 1 aromatic carbocycles. The first kappa shape index (κ1) is 9.16. The lowest BCUT2D eigenvalue weighted by Crippen LogP contribution is -2.37. The van der Waals surface area contributed by atoms with E-state index in [0.29, 0.717) is 12.0 Å². The van der Waals surface area contributed by atoms with Gasteiger partial charge < -0.3 is 11.1 Å². The molecule has 0 spiro atoms. The van der Waals surface area contributed by atoms with Crippen molar-refractivity contribution in [1.29, 1.82) is 0 Å². The zero-order valence-corrected chi connectivity index (χ0v) is 8.54. The van der Waals surface area contributed by atoms with Crippen LogP contribution in [0.1, 0.15) is 30.9 Å². The number of nitrogens with two attached hydrogens (primary N) is 1. The second kappa shape index (κ2) is 3.20. The van der Waals surface area contributed by atoms with Crippen molar-refractivity contribution in [3.05, 3.63) is 29.6 Å². The molecule has 1 aliphatic carbocycles. The molecule has 2 aliphatic rings.